The van der Waals surface area contributed by atoms with Crippen LogP contribution in [-0.2, 0) is 4.79 Å². The number of nitrogens with zero attached hydrogens (tertiary/aromatic N) is 1. The van der Waals surface area contributed by atoms with Crippen molar-refractivity contribution in [3.63, 3.8) is 0 Å². The molecule has 0 atom stereocenters. The molecule has 2 nitrogen and oxygen atoms in total. The van der Waals surface area contributed by atoms with Crippen molar-refractivity contribution in [1.29, 1.82) is 0 Å². The number of hydrogen-bond donors (Lipinski definition) is 0. The largest absolute Gasteiger partial charge is 0.341 e. The van der Waals surface area contributed by atoms with Gasteiger partial charge in [-0.1, -0.05) is 50.0 Å². The Hall–Kier alpha value is 0.240. The second-order valence-corrected chi connectivity index (χ2v) is 7.13. The molecule has 4 heteroatoms. The van der Waals surface area contributed by atoms with Crippen molar-refractivity contribution in [3.05, 3.63) is 0 Å². The van der Waals surface area contributed by atoms with Gasteiger partial charge in [0.1, 0.15) is 0 Å². The third-order valence-corrected chi connectivity index (χ3v) is 3.89. The van der Waals surface area contributed by atoms with E-state index in [1.54, 1.807) is 0 Å². The van der Waals surface area contributed by atoms with Crippen LogP contribution in [0.5, 0.6) is 0 Å². The van der Waals surface area contributed by atoms with Gasteiger partial charge in [-0.25, -0.2) is 0 Å². The fraction of sp³-hybridized carbons (Fsp3) is 0.923. The van der Waals surface area contributed by atoms with E-state index in [0.717, 1.165) is 18.5 Å². The summed E-state index contributed by atoms with van der Waals surface area (Å²) in [7, 11) is 0. The summed E-state index contributed by atoms with van der Waals surface area (Å²) in [6, 6.07) is 0. The minimum atomic E-state index is 0. The monoisotopic (exact) mass is 325 g/mol. The normalized spacial score (nSPS) is 23.2. The number of carbonyl (C=O) groups is 1. The third-order valence-electron chi connectivity index (χ3n) is 3.41. The van der Waals surface area contributed by atoms with Crippen molar-refractivity contribution in [1.82, 2.24) is 4.90 Å². The zero-order valence-corrected chi connectivity index (χ0v) is 13.8. The Morgan fingerprint density at radius 1 is 1.12 bits per heavy atom. The summed E-state index contributed by atoms with van der Waals surface area (Å²) < 4.78 is 0. The Morgan fingerprint density at radius 3 is 1.71 bits per heavy atom. The van der Waals surface area contributed by atoms with Crippen LogP contribution in [0.25, 0.3) is 0 Å². The highest BCUT2D eigenvalue weighted by Gasteiger charge is 2.36. The molecule has 2 aliphatic rings. The SMILES string of the molecule is CC1(C)CCC1.CC1(C)CN(C(=O)CBr)C1.Cl. The van der Waals surface area contributed by atoms with Crippen LogP contribution in [0.3, 0.4) is 0 Å². The molecule has 1 amide bonds. The van der Waals surface area contributed by atoms with Gasteiger partial charge in [0.25, 0.3) is 0 Å². The molecule has 0 N–H and O–H groups in total. The average Bonchev–Trinajstić information content (AvgIpc) is 2.11. The molecule has 2 fully saturated rings. The maximum absolute atomic E-state index is 11.0. The maximum Gasteiger partial charge on any atom is 0.233 e. The lowest BCUT2D eigenvalue weighted by Gasteiger charge is -2.45. The first-order valence-corrected chi connectivity index (χ1v) is 7.22. The topological polar surface area (TPSA) is 20.3 Å². The van der Waals surface area contributed by atoms with Gasteiger partial charge >= 0.3 is 0 Å². The minimum Gasteiger partial charge on any atom is -0.341 e. The Kier molecular flexibility index (Phi) is 6.51. The predicted octanol–water partition coefficient (Wildman–Crippen LogP) is 3.87. The van der Waals surface area contributed by atoms with Crippen molar-refractivity contribution in [2.45, 2.75) is 47.0 Å². The minimum absolute atomic E-state index is 0. The number of halogens is 2. The fourth-order valence-corrected chi connectivity index (χ4v) is 2.49. The highest BCUT2D eigenvalue weighted by Crippen LogP contribution is 2.38. The standard InChI is InChI=1S/C7H12BrNO.C6H12.ClH/c1-7(2)4-9(5-7)6(10)3-8;1-6(2)4-3-5-6;/h3-5H2,1-2H3;3-5H2,1-2H3;1H. The van der Waals surface area contributed by atoms with Crippen LogP contribution in [-0.4, -0.2) is 29.2 Å². The van der Waals surface area contributed by atoms with E-state index in [9.17, 15) is 4.79 Å². The molecule has 0 spiro atoms. The van der Waals surface area contributed by atoms with Crippen LogP contribution >= 0.6 is 28.3 Å². The molecule has 1 saturated heterocycles. The molecule has 0 bridgehead atoms. The van der Waals surface area contributed by atoms with Crippen molar-refractivity contribution >= 4 is 34.2 Å². The molecule has 0 aromatic rings. The molecule has 0 radical (unpaired) electrons. The summed E-state index contributed by atoms with van der Waals surface area (Å²) in [6.07, 6.45) is 4.37. The summed E-state index contributed by atoms with van der Waals surface area (Å²) in [5.74, 6) is 0.208. The van der Waals surface area contributed by atoms with Gasteiger partial charge < -0.3 is 4.90 Å². The van der Waals surface area contributed by atoms with Crippen molar-refractivity contribution in [2.24, 2.45) is 10.8 Å². The molecular weight excluding hydrogens is 302 g/mol. The van der Waals surface area contributed by atoms with E-state index in [4.69, 9.17) is 0 Å². The summed E-state index contributed by atoms with van der Waals surface area (Å²) in [5, 5.41) is 0.461. The highest BCUT2D eigenvalue weighted by molar-refractivity contribution is 9.09. The number of hydrogen-bond acceptors (Lipinski definition) is 1. The maximum atomic E-state index is 11.0. The van der Waals surface area contributed by atoms with Crippen molar-refractivity contribution in [2.75, 3.05) is 18.4 Å². The number of alkyl halides is 1. The zero-order valence-electron chi connectivity index (χ0n) is 11.4. The molecule has 1 saturated carbocycles. The Balaban J connectivity index is 0.000000316. The lowest BCUT2D eigenvalue weighted by Crippen LogP contribution is -2.55. The van der Waals surface area contributed by atoms with Crippen LogP contribution in [0, 0.1) is 10.8 Å². The lowest BCUT2D eigenvalue weighted by atomic mass is 9.72. The van der Waals surface area contributed by atoms with E-state index in [1.165, 1.54) is 19.3 Å². The second kappa shape index (κ2) is 6.42. The molecule has 2 rings (SSSR count). The summed E-state index contributed by atoms with van der Waals surface area (Å²) in [5.41, 5.74) is 1.08. The fourth-order valence-electron chi connectivity index (χ4n) is 2.13. The van der Waals surface area contributed by atoms with E-state index in [2.05, 4.69) is 43.6 Å². The van der Waals surface area contributed by atoms with Crippen LogP contribution in [0.1, 0.15) is 47.0 Å². The molecular formula is C13H25BrClNO. The van der Waals surface area contributed by atoms with Gasteiger partial charge in [-0.3, -0.25) is 4.79 Å². The van der Waals surface area contributed by atoms with E-state index >= 15 is 0 Å². The van der Waals surface area contributed by atoms with Gasteiger partial charge in [0.15, 0.2) is 0 Å². The molecule has 1 aliphatic heterocycles. The number of carbonyl (C=O) groups excluding carboxylic acids is 1. The Bertz CT molecular complexity index is 252. The average molecular weight is 327 g/mol. The van der Waals surface area contributed by atoms with Crippen molar-refractivity contribution < 1.29 is 4.79 Å². The van der Waals surface area contributed by atoms with Crippen LogP contribution in [0.15, 0.2) is 0 Å². The Morgan fingerprint density at radius 2 is 1.53 bits per heavy atom. The number of likely N-dealkylation sites (tertiary alicyclic amines) is 1. The summed E-state index contributed by atoms with van der Waals surface area (Å²) in [4.78, 5) is 12.8. The van der Waals surface area contributed by atoms with Crippen LogP contribution in [0.2, 0.25) is 0 Å². The van der Waals surface area contributed by atoms with Crippen LogP contribution in [0.4, 0.5) is 0 Å². The first kappa shape index (κ1) is 17.2. The number of amides is 1. The van der Waals surface area contributed by atoms with E-state index in [0.29, 0.717) is 10.7 Å². The highest BCUT2D eigenvalue weighted by atomic mass is 79.9. The smallest absolute Gasteiger partial charge is 0.233 e. The van der Waals surface area contributed by atoms with Crippen molar-refractivity contribution in [3.8, 4) is 0 Å². The van der Waals surface area contributed by atoms with Gasteiger partial charge in [0, 0.05) is 13.1 Å². The molecule has 102 valence electrons. The molecule has 1 heterocycles. The zero-order chi connectivity index (χ0) is 12.4. The van der Waals surface area contributed by atoms with Crippen LogP contribution < -0.4 is 0 Å². The van der Waals surface area contributed by atoms with Gasteiger partial charge in [-0.05, 0) is 23.7 Å². The summed E-state index contributed by atoms with van der Waals surface area (Å²) >= 11 is 3.14. The van der Waals surface area contributed by atoms with Gasteiger partial charge in [-0.2, -0.15) is 0 Å². The summed E-state index contributed by atoms with van der Waals surface area (Å²) in [6.45, 7) is 10.8. The Labute approximate surface area is 120 Å². The molecule has 0 aromatic heterocycles. The molecule has 0 unspecified atom stereocenters. The first-order chi connectivity index (χ1) is 7.26. The quantitative estimate of drug-likeness (QED) is 0.670. The second-order valence-electron chi connectivity index (χ2n) is 6.57. The van der Waals surface area contributed by atoms with E-state index in [-0.39, 0.29) is 18.3 Å². The van der Waals surface area contributed by atoms with E-state index in [1.807, 2.05) is 4.90 Å². The molecule has 0 aromatic carbocycles. The van der Waals surface area contributed by atoms with Gasteiger partial charge in [0.2, 0.25) is 5.91 Å². The molecule has 1 aliphatic carbocycles. The van der Waals surface area contributed by atoms with Gasteiger partial charge in [0.05, 0.1) is 5.33 Å². The predicted molar refractivity (Wildman–Crippen MR) is 79.0 cm³/mol. The molecule has 17 heavy (non-hydrogen) atoms. The first-order valence-electron chi connectivity index (χ1n) is 6.10. The van der Waals surface area contributed by atoms with Gasteiger partial charge in [-0.15, -0.1) is 12.4 Å². The van der Waals surface area contributed by atoms with E-state index < -0.39 is 0 Å². The third kappa shape index (κ3) is 5.60. The number of rotatable bonds is 1. The lowest BCUT2D eigenvalue weighted by molar-refractivity contribution is -0.138.